The third-order valence-corrected chi connectivity index (χ3v) is 3.58. The van der Waals surface area contributed by atoms with E-state index in [1.807, 2.05) is 56.4 Å². The van der Waals surface area contributed by atoms with Crippen LogP contribution in [0.15, 0.2) is 59.0 Å². The van der Waals surface area contributed by atoms with Gasteiger partial charge in [0.25, 0.3) is 0 Å². The van der Waals surface area contributed by atoms with E-state index in [0.717, 1.165) is 17.9 Å². The molecular formula is C19H21N3O2. The molecule has 3 rings (SSSR count). The molecule has 0 aliphatic heterocycles. The van der Waals surface area contributed by atoms with Gasteiger partial charge in [0.05, 0.1) is 13.2 Å². The lowest BCUT2D eigenvalue weighted by molar-refractivity contribution is 0.282. The Morgan fingerprint density at radius 3 is 2.42 bits per heavy atom. The molecule has 0 spiro atoms. The zero-order valence-corrected chi connectivity index (χ0v) is 14.0. The first-order valence-corrected chi connectivity index (χ1v) is 8.02. The van der Waals surface area contributed by atoms with E-state index in [4.69, 9.17) is 9.15 Å². The fourth-order valence-corrected chi connectivity index (χ4v) is 2.47. The molecule has 5 nitrogen and oxygen atoms in total. The average molecular weight is 323 g/mol. The minimum atomic E-state index is 0.556. The fraction of sp³-hybridized carbons (Fsp3) is 0.263. The standard InChI is InChI=1S/C19H21N3O2/c1-3-23-17-11-9-15(10-12-17)13-22(2)14-18-20-21-19(24-18)16-7-5-4-6-8-16/h4-12H,3,13-14H2,1-2H3. The molecule has 3 aromatic rings. The number of benzene rings is 2. The summed E-state index contributed by atoms with van der Waals surface area (Å²) < 4.78 is 11.2. The van der Waals surface area contributed by atoms with Gasteiger partial charge in [0.15, 0.2) is 0 Å². The Kier molecular flexibility index (Phi) is 5.23. The van der Waals surface area contributed by atoms with E-state index in [0.29, 0.717) is 24.9 Å². The summed E-state index contributed by atoms with van der Waals surface area (Å²) in [6.45, 7) is 4.07. The largest absolute Gasteiger partial charge is 0.494 e. The fourth-order valence-electron chi connectivity index (χ4n) is 2.47. The normalized spacial score (nSPS) is 11.0. The molecule has 0 saturated heterocycles. The SMILES string of the molecule is CCOc1ccc(CN(C)Cc2nnc(-c3ccccc3)o2)cc1. The van der Waals surface area contributed by atoms with Crippen LogP contribution in [0.1, 0.15) is 18.4 Å². The van der Waals surface area contributed by atoms with Crippen LogP contribution >= 0.6 is 0 Å². The van der Waals surface area contributed by atoms with Gasteiger partial charge >= 0.3 is 0 Å². The molecule has 0 atom stereocenters. The predicted octanol–water partition coefficient (Wildman–Crippen LogP) is 3.77. The summed E-state index contributed by atoms with van der Waals surface area (Å²) in [7, 11) is 2.03. The van der Waals surface area contributed by atoms with Crippen molar-refractivity contribution in [2.24, 2.45) is 0 Å². The van der Waals surface area contributed by atoms with E-state index in [1.165, 1.54) is 5.56 Å². The van der Waals surface area contributed by atoms with Crippen molar-refractivity contribution < 1.29 is 9.15 Å². The van der Waals surface area contributed by atoms with Crippen LogP contribution in [0.4, 0.5) is 0 Å². The maximum absolute atomic E-state index is 5.75. The number of hydrogen-bond acceptors (Lipinski definition) is 5. The molecule has 124 valence electrons. The summed E-state index contributed by atoms with van der Waals surface area (Å²) in [5, 5.41) is 8.25. The maximum Gasteiger partial charge on any atom is 0.247 e. The van der Waals surface area contributed by atoms with Crippen LogP contribution in [0.2, 0.25) is 0 Å². The number of nitrogens with zero attached hydrogens (tertiary/aromatic N) is 3. The average Bonchev–Trinajstić information content (AvgIpc) is 3.06. The Morgan fingerprint density at radius 2 is 1.71 bits per heavy atom. The number of rotatable bonds is 7. The van der Waals surface area contributed by atoms with Crippen LogP contribution in [0.5, 0.6) is 5.75 Å². The first-order chi connectivity index (χ1) is 11.7. The Bertz CT molecular complexity index is 754. The molecule has 1 heterocycles. The van der Waals surface area contributed by atoms with E-state index in [2.05, 4.69) is 27.2 Å². The van der Waals surface area contributed by atoms with E-state index < -0.39 is 0 Å². The second-order valence-corrected chi connectivity index (χ2v) is 5.62. The highest BCUT2D eigenvalue weighted by molar-refractivity contribution is 5.51. The van der Waals surface area contributed by atoms with E-state index >= 15 is 0 Å². The highest BCUT2D eigenvalue weighted by Crippen LogP contribution is 2.18. The van der Waals surface area contributed by atoms with Crippen LogP contribution in [0.25, 0.3) is 11.5 Å². The van der Waals surface area contributed by atoms with Crippen molar-refractivity contribution in [2.45, 2.75) is 20.0 Å². The Hall–Kier alpha value is -2.66. The van der Waals surface area contributed by atoms with E-state index in [-0.39, 0.29) is 0 Å². The molecular weight excluding hydrogens is 302 g/mol. The lowest BCUT2D eigenvalue weighted by Gasteiger charge is -2.14. The highest BCUT2D eigenvalue weighted by Gasteiger charge is 2.10. The van der Waals surface area contributed by atoms with Gasteiger partial charge in [-0.15, -0.1) is 10.2 Å². The molecule has 0 aliphatic rings. The van der Waals surface area contributed by atoms with Gasteiger partial charge in [-0.25, -0.2) is 0 Å². The predicted molar refractivity (Wildman–Crippen MR) is 92.5 cm³/mol. The molecule has 0 saturated carbocycles. The molecule has 0 fully saturated rings. The molecule has 0 radical (unpaired) electrons. The second-order valence-electron chi connectivity index (χ2n) is 5.62. The van der Waals surface area contributed by atoms with Gasteiger partial charge in [-0.3, -0.25) is 4.90 Å². The third-order valence-electron chi connectivity index (χ3n) is 3.58. The molecule has 0 aliphatic carbocycles. The van der Waals surface area contributed by atoms with Crippen molar-refractivity contribution in [1.29, 1.82) is 0 Å². The number of aromatic nitrogens is 2. The van der Waals surface area contributed by atoms with Gasteiger partial charge in [-0.05, 0) is 43.8 Å². The van der Waals surface area contributed by atoms with Gasteiger partial charge in [0.2, 0.25) is 11.8 Å². The molecule has 5 heteroatoms. The second kappa shape index (κ2) is 7.75. The van der Waals surface area contributed by atoms with E-state index in [1.54, 1.807) is 0 Å². The van der Waals surface area contributed by atoms with Gasteiger partial charge < -0.3 is 9.15 Å². The Labute approximate surface area is 141 Å². The monoisotopic (exact) mass is 323 g/mol. The van der Waals surface area contributed by atoms with Gasteiger partial charge in [-0.2, -0.15) is 0 Å². The Morgan fingerprint density at radius 1 is 0.958 bits per heavy atom. The maximum atomic E-state index is 5.75. The first kappa shape index (κ1) is 16.2. The molecule has 24 heavy (non-hydrogen) atoms. The van der Waals surface area contributed by atoms with Crippen molar-refractivity contribution in [1.82, 2.24) is 15.1 Å². The lowest BCUT2D eigenvalue weighted by Crippen LogP contribution is -2.17. The van der Waals surface area contributed by atoms with Gasteiger partial charge in [-0.1, -0.05) is 30.3 Å². The van der Waals surface area contributed by atoms with E-state index in [9.17, 15) is 0 Å². The Balaban J connectivity index is 1.59. The molecule has 1 aromatic heterocycles. The molecule has 0 N–H and O–H groups in total. The third kappa shape index (κ3) is 4.20. The highest BCUT2D eigenvalue weighted by atomic mass is 16.5. The van der Waals surface area contributed by atoms with Gasteiger partial charge in [0.1, 0.15) is 5.75 Å². The zero-order chi connectivity index (χ0) is 16.8. The van der Waals surface area contributed by atoms with Gasteiger partial charge in [0, 0.05) is 12.1 Å². The minimum absolute atomic E-state index is 0.556. The van der Waals surface area contributed by atoms with Crippen LogP contribution in [0.3, 0.4) is 0 Å². The zero-order valence-electron chi connectivity index (χ0n) is 14.0. The van der Waals surface area contributed by atoms with Crippen LogP contribution in [-0.4, -0.2) is 28.8 Å². The van der Waals surface area contributed by atoms with Crippen molar-refractivity contribution >= 4 is 0 Å². The number of ether oxygens (including phenoxy) is 1. The summed E-state index contributed by atoms with van der Waals surface area (Å²) in [6, 6.07) is 17.9. The molecule has 0 unspecified atom stereocenters. The summed E-state index contributed by atoms with van der Waals surface area (Å²) >= 11 is 0. The molecule has 0 amide bonds. The summed E-state index contributed by atoms with van der Waals surface area (Å²) in [5.41, 5.74) is 2.15. The van der Waals surface area contributed by atoms with Crippen molar-refractivity contribution in [2.75, 3.05) is 13.7 Å². The minimum Gasteiger partial charge on any atom is -0.494 e. The van der Waals surface area contributed by atoms with Crippen LogP contribution < -0.4 is 4.74 Å². The van der Waals surface area contributed by atoms with Crippen molar-refractivity contribution in [3.05, 3.63) is 66.1 Å². The van der Waals surface area contributed by atoms with Crippen LogP contribution in [0, 0.1) is 0 Å². The van der Waals surface area contributed by atoms with Crippen LogP contribution in [-0.2, 0) is 13.1 Å². The number of hydrogen-bond donors (Lipinski definition) is 0. The smallest absolute Gasteiger partial charge is 0.247 e. The quantitative estimate of drug-likeness (QED) is 0.662. The molecule has 2 aromatic carbocycles. The topological polar surface area (TPSA) is 51.4 Å². The summed E-state index contributed by atoms with van der Waals surface area (Å²) in [4.78, 5) is 2.14. The first-order valence-electron chi connectivity index (χ1n) is 8.02. The summed E-state index contributed by atoms with van der Waals surface area (Å²) in [6.07, 6.45) is 0. The lowest BCUT2D eigenvalue weighted by atomic mass is 10.2. The van der Waals surface area contributed by atoms with Crippen molar-refractivity contribution in [3.8, 4) is 17.2 Å². The molecule has 0 bridgehead atoms. The van der Waals surface area contributed by atoms with Crippen molar-refractivity contribution in [3.63, 3.8) is 0 Å². The summed E-state index contributed by atoms with van der Waals surface area (Å²) in [5.74, 6) is 2.07.